The van der Waals surface area contributed by atoms with Crippen molar-refractivity contribution < 1.29 is 13.2 Å². The Bertz CT molecular complexity index is 571. The molecular formula is C14H21ClN2O3S. The zero-order chi connectivity index (χ0) is 15.9. The van der Waals surface area contributed by atoms with Crippen LogP contribution < -0.4 is 5.32 Å². The van der Waals surface area contributed by atoms with Crippen LogP contribution in [0.1, 0.15) is 26.7 Å². The Morgan fingerprint density at radius 3 is 2.52 bits per heavy atom. The molecule has 0 radical (unpaired) electrons. The van der Waals surface area contributed by atoms with Crippen molar-refractivity contribution in [1.29, 1.82) is 0 Å². The maximum absolute atomic E-state index is 12.4. The highest BCUT2D eigenvalue weighted by Crippen LogP contribution is 2.19. The van der Waals surface area contributed by atoms with E-state index in [9.17, 15) is 13.2 Å². The van der Waals surface area contributed by atoms with Crippen molar-refractivity contribution in [1.82, 2.24) is 4.31 Å². The standard InChI is InChI=1S/C14H21ClN2O3S/c1-3-17(4-2)21(19,20)13-8-5-7-12(11-13)16-14(18)9-6-10-15/h5,7-8,11H,3-4,6,9-10H2,1-2H3,(H,16,18). The third-order valence-electron chi connectivity index (χ3n) is 3.00. The minimum Gasteiger partial charge on any atom is -0.326 e. The van der Waals surface area contributed by atoms with Crippen molar-refractivity contribution in [2.24, 2.45) is 0 Å². The largest absolute Gasteiger partial charge is 0.326 e. The minimum atomic E-state index is -3.52. The summed E-state index contributed by atoms with van der Waals surface area (Å²) in [5, 5.41) is 2.68. The first kappa shape index (κ1) is 17.9. The smallest absolute Gasteiger partial charge is 0.243 e. The molecule has 0 aromatic heterocycles. The molecule has 0 aliphatic heterocycles. The van der Waals surface area contributed by atoms with E-state index in [1.54, 1.807) is 26.0 Å². The summed E-state index contributed by atoms with van der Waals surface area (Å²) in [6.45, 7) is 4.40. The van der Waals surface area contributed by atoms with Crippen LogP contribution in [0.3, 0.4) is 0 Å². The zero-order valence-corrected chi connectivity index (χ0v) is 13.9. The summed E-state index contributed by atoms with van der Waals surface area (Å²) in [5.41, 5.74) is 0.475. The average molecular weight is 333 g/mol. The molecule has 0 aliphatic carbocycles. The molecule has 0 aliphatic rings. The number of carbonyl (C=O) groups is 1. The second kappa shape index (κ2) is 8.36. The molecule has 0 fully saturated rings. The van der Waals surface area contributed by atoms with Crippen LogP contribution in [0.25, 0.3) is 0 Å². The number of anilines is 1. The Hall–Kier alpha value is -1.11. The fraction of sp³-hybridized carbons (Fsp3) is 0.500. The van der Waals surface area contributed by atoms with E-state index in [2.05, 4.69) is 5.32 Å². The van der Waals surface area contributed by atoms with Crippen molar-refractivity contribution in [2.45, 2.75) is 31.6 Å². The van der Waals surface area contributed by atoms with Crippen molar-refractivity contribution in [2.75, 3.05) is 24.3 Å². The second-order valence-electron chi connectivity index (χ2n) is 4.46. The molecule has 0 saturated heterocycles. The molecule has 1 amide bonds. The molecule has 1 aromatic carbocycles. The van der Waals surface area contributed by atoms with E-state index >= 15 is 0 Å². The molecule has 5 nitrogen and oxygen atoms in total. The molecule has 0 bridgehead atoms. The normalized spacial score (nSPS) is 11.6. The predicted molar refractivity (Wildman–Crippen MR) is 85.1 cm³/mol. The Morgan fingerprint density at radius 1 is 1.29 bits per heavy atom. The van der Waals surface area contributed by atoms with Crippen molar-refractivity contribution in [3.63, 3.8) is 0 Å². The van der Waals surface area contributed by atoms with Gasteiger partial charge in [-0.2, -0.15) is 4.31 Å². The molecule has 1 N–H and O–H groups in total. The van der Waals surface area contributed by atoms with Crippen molar-refractivity contribution >= 4 is 33.2 Å². The van der Waals surface area contributed by atoms with Gasteiger partial charge in [0, 0.05) is 31.1 Å². The highest BCUT2D eigenvalue weighted by atomic mass is 35.5. The van der Waals surface area contributed by atoms with Crippen LogP contribution in [-0.2, 0) is 14.8 Å². The summed E-state index contributed by atoms with van der Waals surface area (Å²) in [6, 6.07) is 6.29. The minimum absolute atomic E-state index is 0.173. The first-order valence-electron chi connectivity index (χ1n) is 6.91. The predicted octanol–water partition coefficient (Wildman–Crippen LogP) is 2.67. The lowest BCUT2D eigenvalue weighted by molar-refractivity contribution is -0.116. The number of halogens is 1. The molecule has 0 atom stereocenters. The molecule has 7 heteroatoms. The third-order valence-corrected chi connectivity index (χ3v) is 5.31. The van der Waals surface area contributed by atoms with E-state index in [1.165, 1.54) is 16.4 Å². The Labute approximate surface area is 131 Å². The lowest BCUT2D eigenvalue weighted by Crippen LogP contribution is -2.30. The number of rotatable bonds is 8. The Morgan fingerprint density at radius 2 is 1.95 bits per heavy atom. The summed E-state index contributed by atoms with van der Waals surface area (Å²) in [6.07, 6.45) is 0.904. The van der Waals surface area contributed by atoms with Gasteiger partial charge in [-0.3, -0.25) is 4.79 Å². The van der Waals surface area contributed by atoms with E-state index in [4.69, 9.17) is 11.6 Å². The molecule has 1 rings (SSSR count). The summed E-state index contributed by atoms with van der Waals surface area (Å²) in [4.78, 5) is 11.8. The molecule has 21 heavy (non-hydrogen) atoms. The number of hydrogen-bond donors (Lipinski definition) is 1. The quantitative estimate of drug-likeness (QED) is 0.744. The summed E-state index contributed by atoms with van der Waals surface area (Å²) in [7, 11) is -3.52. The van der Waals surface area contributed by atoms with E-state index in [0.29, 0.717) is 37.5 Å². The fourth-order valence-corrected chi connectivity index (χ4v) is 3.54. The van der Waals surface area contributed by atoms with Crippen LogP contribution >= 0.6 is 11.6 Å². The lowest BCUT2D eigenvalue weighted by atomic mass is 10.3. The average Bonchev–Trinajstić information content (AvgIpc) is 2.46. The van der Waals surface area contributed by atoms with E-state index < -0.39 is 10.0 Å². The van der Waals surface area contributed by atoms with Gasteiger partial charge in [0.1, 0.15) is 0 Å². The summed E-state index contributed by atoms with van der Waals surface area (Å²) < 4.78 is 26.2. The fourth-order valence-electron chi connectivity index (χ4n) is 1.90. The first-order chi connectivity index (χ1) is 9.95. The zero-order valence-electron chi connectivity index (χ0n) is 12.3. The number of hydrogen-bond acceptors (Lipinski definition) is 3. The SMILES string of the molecule is CCN(CC)S(=O)(=O)c1cccc(NC(=O)CCCCl)c1. The number of nitrogens with one attached hydrogen (secondary N) is 1. The van der Waals surface area contributed by atoms with Crippen LogP contribution in [-0.4, -0.2) is 37.6 Å². The number of benzene rings is 1. The molecule has 118 valence electrons. The van der Waals surface area contributed by atoms with Crippen LogP contribution in [0.15, 0.2) is 29.2 Å². The van der Waals surface area contributed by atoms with E-state index in [-0.39, 0.29) is 10.8 Å². The lowest BCUT2D eigenvalue weighted by Gasteiger charge is -2.18. The number of nitrogens with zero attached hydrogens (tertiary/aromatic N) is 1. The van der Waals surface area contributed by atoms with Crippen LogP contribution in [0.4, 0.5) is 5.69 Å². The maximum Gasteiger partial charge on any atom is 0.243 e. The van der Waals surface area contributed by atoms with Gasteiger partial charge in [0.25, 0.3) is 0 Å². The van der Waals surface area contributed by atoms with Gasteiger partial charge in [0.05, 0.1) is 4.90 Å². The highest BCUT2D eigenvalue weighted by molar-refractivity contribution is 7.89. The summed E-state index contributed by atoms with van der Waals surface area (Å²) >= 11 is 5.54. The van der Waals surface area contributed by atoms with Gasteiger partial charge >= 0.3 is 0 Å². The molecule has 0 unspecified atom stereocenters. The molecule has 1 aromatic rings. The summed E-state index contributed by atoms with van der Waals surface area (Å²) in [5.74, 6) is 0.247. The highest BCUT2D eigenvalue weighted by Gasteiger charge is 2.21. The molecule has 0 spiro atoms. The van der Waals surface area contributed by atoms with Crippen molar-refractivity contribution in [3.8, 4) is 0 Å². The number of carbonyl (C=O) groups excluding carboxylic acids is 1. The van der Waals surface area contributed by atoms with Gasteiger partial charge in [-0.25, -0.2) is 8.42 Å². The van der Waals surface area contributed by atoms with Gasteiger partial charge in [-0.05, 0) is 24.6 Å². The van der Waals surface area contributed by atoms with Gasteiger partial charge in [0.2, 0.25) is 15.9 Å². The Kier molecular flexibility index (Phi) is 7.14. The van der Waals surface area contributed by atoms with Crippen LogP contribution in [0.5, 0.6) is 0 Å². The van der Waals surface area contributed by atoms with Crippen molar-refractivity contribution in [3.05, 3.63) is 24.3 Å². The second-order valence-corrected chi connectivity index (χ2v) is 6.77. The van der Waals surface area contributed by atoms with E-state index in [0.717, 1.165) is 0 Å². The van der Waals surface area contributed by atoms with Gasteiger partial charge < -0.3 is 5.32 Å². The van der Waals surface area contributed by atoms with Crippen LogP contribution in [0.2, 0.25) is 0 Å². The maximum atomic E-state index is 12.4. The van der Waals surface area contributed by atoms with Gasteiger partial charge in [-0.1, -0.05) is 19.9 Å². The Balaban J connectivity index is 2.93. The molecular weight excluding hydrogens is 312 g/mol. The van der Waals surface area contributed by atoms with Gasteiger partial charge in [-0.15, -0.1) is 11.6 Å². The topological polar surface area (TPSA) is 66.5 Å². The molecule has 0 saturated carbocycles. The first-order valence-corrected chi connectivity index (χ1v) is 8.89. The monoisotopic (exact) mass is 332 g/mol. The third kappa shape index (κ3) is 4.98. The number of alkyl halides is 1. The van der Waals surface area contributed by atoms with Crippen LogP contribution in [0, 0.1) is 0 Å². The van der Waals surface area contributed by atoms with Gasteiger partial charge in [0.15, 0.2) is 0 Å². The number of sulfonamides is 1. The number of amides is 1. The van der Waals surface area contributed by atoms with E-state index in [1.807, 2.05) is 0 Å². The molecule has 0 heterocycles.